The van der Waals surface area contributed by atoms with Gasteiger partial charge in [-0.1, -0.05) is 0 Å². The zero-order chi connectivity index (χ0) is 7.56. The van der Waals surface area contributed by atoms with Crippen molar-refractivity contribution in [1.82, 2.24) is 4.90 Å². The van der Waals surface area contributed by atoms with E-state index in [1.807, 2.05) is 18.0 Å². The topological polar surface area (TPSA) is 46.3 Å². The van der Waals surface area contributed by atoms with Crippen LogP contribution >= 0.6 is 11.8 Å². The van der Waals surface area contributed by atoms with Crippen molar-refractivity contribution in [1.29, 1.82) is 0 Å². The molecule has 1 aliphatic rings. The average molecular weight is 158 g/mol. The molecule has 1 rings (SSSR count). The fourth-order valence-electron chi connectivity index (χ4n) is 0.808. The van der Waals surface area contributed by atoms with Crippen molar-refractivity contribution in [3.05, 3.63) is 11.1 Å². The molecule has 0 aromatic rings. The summed E-state index contributed by atoms with van der Waals surface area (Å²) in [4.78, 5) is 13.5. The third kappa shape index (κ3) is 1.95. The van der Waals surface area contributed by atoms with Gasteiger partial charge in [-0.3, -0.25) is 4.79 Å². The number of hydrogen-bond acceptors (Lipinski definition) is 3. The molecule has 0 aliphatic carbocycles. The van der Waals surface area contributed by atoms with Gasteiger partial charge in [0.25, 0.3) is 0 Å². The highest BCUT2D eigenvalue weighted by molar-refractivity contribution is 8.03. The Labute approximate surface area is 64.3 Å². The van der Waals surface area contributed by atoms with Gasteiger partial charge in [0, 0.05) is 6.20 Å². The smallest absolute Gasteiger partial charge is 0.236 e. The summed E-state index contributed by atoms with van der Waals surface area (Å²) in [5.41, 5.74) is 5.00. The highest BCUT2D eigenvalue weighted by atomic mass is 32.2. The molecule has 0 aromatic heterocycles. The number of carbonyl (C=O) groups excluding carboxylic acids is 1. The number of nitrogens with two attached hydrogens (primary N) is 1. The van der Waals surface area contributed by atoms with Crippen LogP contribution in [-0.4, -0.2) is 23.2 Å². The first-order valence-electron chi connectivity index (χ1n) is 3.02. The maximum absolute atomic E-state index is 10.4. The first-order chi connectivity index (χ1) is 4.68. The Morgan fingerprint density at radius 3 is 3.10 bits per heavy atom. The van der Waals surface area contributed by atoms with Gasteiger partial charge in [-0.25, -0.2) is 0 Å². The largest absolute Gasteiger partial charge is 0.368 e. The van der Waals surface area contributed by atoms with Crippen LogP contribution in [0.3, 0.4) is 0 Å². The number of amides is 1. The minimum Gasteiger partial charge on any atom is -0.368 e. The van der Waals surface area contributed by atoms with Crippen LogP contribution in [0.15, 0.2) is 11.1 Å². The monoisotopic (exact) mass is 158 g/mol. The van der Waals surface area contributed by atoms with Crippen LogP contribution in [0.25, 0.3) is 0 Å². The lowest BCUT2D eigenvalue weighted by molar-refractivity contribution is -0.118. The van der Waals surface area contributed by atoms with E-state index in [1.54, 1.807) is 11.8 Å². The number of thioether (sulfide) groups is 1. The molecular weight excluding hydrogens is 148 g/mol. The van der Waals surface area contributed by atoms with Gasteiger partial charge in [0.1, 0.15) is 0 Å². The van der Waals surface area contributed by atoms with Crippen LogP contribution in [-0.2, 0) is 4.79 Å². The van der Waals surface area contributed by atoms with Crippen molar-refractivity contribution < 1.29 is 4.79 Å². The third-order valence-electron chi connectivity index (χ3n) is 1.18. The zero-order valence-corrected chi connectivity index (χ0v) is 6.65. The highest BCUT2D eigenvalue weighted by Gasteiger charge is 2.10. The first-order valence-corrected chi connectivity index (χ1v) is 4.00. The molecular formula is C6H10N2OS. The van der Waals surface area contributed by atoms with Gasteiger partial charge in [0.15, 0.2) is 0 Å². The fourth-order valence-corrected chi connectivity index (χ4v) is 1.57. The molecule has 10 heavy (non-hydrogen) atoms. The van der Waals surface area contributed by atoms with E-state index in [0.717, 1.165) is 5.88 Å². The molecule has 0 aromatic carbocycles. The van der Waals surface area contributed by atoms with Crippen molar-refractivity contribution in [3.63, 3.8) is 0 Å². The molecule has 0 fully saturated rings. The maximum atomic E-state index is 10.4. The van der Waals surface area contributed by atoms with E-state index in [9.17, 15) is 4.79 Å². The Balaban J connectivity index is 2.38. The standard InChI is InChI=1S/C6H10N2OS/c1-5-2-8(4-10-5)3-6(7)9/h2H,3-4H2,1H3,(H2,7,9). The van der Waals surface area contributed by atoms with Crippen molar-refractivity contribution in [2.45, 2.75) is 6.92 Å². The summed E-state index contributed by atoms with van der Waals surface area (Å²) in [6.07, 6.45) is 1.95. The molecule has 1 amide bonds. The van der Waals surface area contributed by atoms with E-state index < -0.39 is 0 Å². The number of allylic oxidation sites excluding steroid dienone is 1. The summed E-state index contributed by atoms with van der Waals surface area (Å²) in [5.74, 6) is 0.584. The molecule has 3 nitrogen and oxygen atoms in total. The number of primary amides is 1. The summed E-state index contributed by atoms with van der Waals surface area (Å²) in [6.45, 7) is 2.36. The number of rotatable bonds is 2. The Hall–Kier alpha value is -0.640. The molecule has 0 radical (unpaired) electrons. The lowest BCUT2D eigenvalue weighted by Crippen LogP contribution is -2.28. The highest BCUT2D eigenvalue weighted by Crippen LogP contribution is 2.23. The summed E-state index contributed by atoms with van der Waals surface area (Å²) >= 11 is 1.73. The van der Waals surface area contributed by atoms with Crippen LogP contribution in [0.2, 0.25) is 0 Å². The van der Waals surface area contributed by atoms with Crippen molar-refractivity contribution in [2.75, 3.05) is 12.4 Å². The second-order valence-electron chi connectivity index (χ2n) is 2.23. The fraction of sp³-hybridized carbons (Fsp3) is 0.500. The summed E-state index contributed by atoms with van der Waals surface area (Å²) in [6, 6.07) is 0. The van der Waals surface area contributed by atoms with Crippen LogP contribution in [0.5, 0.6) is 0 Å². The molecule has 0 atom stereocenters. The van der Waals surface area contributed by atoms with Gasteiger partial charge in [0.2, 0.25) is 5.91 Å². The Kier molecular flexibility index (Phi) is 2.21. The van der Waals surface area contributed by atoms with Gasteiger partial charge < -0.3 is 10.6 Å². The minimum atomic E-state index is -0.272. The van der Waals surface area contributed by atoms with E-state index in [0.29, 0.717) is 6.54 Å². The van der Waals surface area contributed by atoms with Gasteiger partial charge in [-0.15, -0.1) is 11.8 Å². The van der Waals surface area contributed by atoms with Crippen LogP contribution < -0.4 is 5.73 Å². The molecule has 4 heteroatoms. The average Bonchev–Trinajstić information content (AvgIpc) is 2.13. The summed E-state index contributed by atoms with van der Waals surface area (Å²) in [5, 5.41) is 0. The Bertz CT molecular complexity index is 179. The van der Waals surface area contributed by atoms with Gasteiger partial charge in [0.05, 0.1) is 12.4 Å². The molecule has 0 bridgehead atoms. The number of hydrogen-bond donors (Lipinski definition) is 1. The van der Waals surface area contributed by atoms with E-state index >= 15 is 0 Å². The Morgan fingerprint density at radius 2 is 2.70 bits per heavy atom. The second kappa shape index (κ2) is 2.96. The van der Waals surface area contributed by atoms with Gasteiger partial charge >= 0.3 is 0 Å². The summed E-state index contributed by atoms with van der Waals surface area (Å²) < 4.78 is 0. The number of nitrogens with zero attached hydrogens (tertiary/aromatic N) is 1. The first kappa shape index (κ1) is 7.47. The Morgan fingerprint density at radius 1 is 2.00 bits per heavy atom. The molecule has 0 saturated carbocycles. The van der Waals surface area contributed by atoms with Gasteiger partial charge in [-0.05, 0) is 11.8 Å². The quantitative estimate of drug-likeness (QED) is 0.630. The molecule has 0 spiro atoms. The molecule has 1 heterocycles. The lowest BCUT2D eigenvalue weighted by Gasteiger charge is -2.09. The van der Waals surface area contributed by atoms with E-state index in [2.05, 4.69) is 0 Å². The second-order valence-corrected chi connectivity index (χ2v) is 3.42. The maximum Gasteiger partial charge on any atom is 0.236 e. The van der Waals surface area contributed by atoms with Crippen molar-refractivity contribution >= 4 is 17.7 Å². The summed E-state index contributed by atoms with van der Waals surface area (Å²) in [7, 11) is 0. The molecule has 1 aliphatic heterocycles. The molecule has 0 unspecified atom stereocenters. The van der Waals surface area contributed by atoms with Crippen molar-refractivity contribution in [3.8, 4) is 0 Å². The lowest BCUT2D eigenvalue weighted by atomic mass is 10.5. The predicted octanol–water partition coefficient (Wildman–Crippen LogP) is 0.339. The zero-order valence-electron chi connectivity index (χ0n) is 5.83. The van der Waals surface area contributed by atoms with E-state index in [4.69, 9.17) is 5.73 Å². The molecule has 0 saturated heterocycles. The minimum absolute atomic E-state index is 0.272. The molecule has 56 valence electrons. The van der Waals surface area contributed by atoms with Crippen molar-refractivity contribution in [2.24, 2.45) is 5.73 Å². The van der Waals surface area contributed by atoms with Crippen LogP contribution in [0, 0.1) is 0 Å². The predicted molar refractivity (Wildman–Crippen MR) is 42.1 cm³/mol. The third-order valence-corrected chi connectivity index (χ3v) is 2.20. The van der Waals surface area contributed by atoms with Crippen LogP contribution in [0.4, 0.5) is 0 Å². The van der Waals surface area contributed by atoms with Crippen LogP contribution in [0.1, 0.15) is 6.92 Å². The van der Waals surface area contributed by atoms with E-state index in [-0.39, 0.29) is 5.91 Å². The SMILES string of the molecule is CC1=CN(CC(N)=O)CS1. The molecule has 2 N–H and O–H groups in total. The normalized spacial score (nSPS) is 17.3. The van der Waals surface area contributed by atoms with Gasteiger partial charge in [-0.2, -0.15) is 0 Å². The number of carbonyl (C=O) groups is 1. The van der Waals surface area contributed by atoms with E-state index in [1.165, 1.54) is 4.91 Å².